The van der Waals surface area contributed by atoms with Gasteiger partial charge in [-0.3, -0.25) is 4.90 Å². The fraction of sp³-hybridized carbons (Fsp3) is 0.684. The highest BCUT2D eigenvalue weighted by Gasteiger charge is 2.33. The van der Waals surface area contributed by atoms with Crippen LogP contribution in [0.1, 0.15) is 24.6 Å². The zero-order valence-electron chi connectivity index (χ0n) is 16.4. The maximum Gasteiger partial charge on any atom is 0.137 e. The number of thioether (sulfide) groups is 1. The number of fused-ring (bicyclic) bond motifs is 1. The zero-order chi connectivity index (χ0) is 18.8. The highest BCUT2D eigenvalue weighted by atomic mass is 32.2. The molecule has 0 unspecified atom stereocenters. The molecule has 0 spiro atoms. The summed E-state index contributed by atoms with van der Waals surface area (Å²) in [5, 5.41) is 5.46. The van der Waals surface area contributed by atoms with Gasteiger partial charge in [0.05, 0.1) is 30.5 Å². The van der Waals surface area contributed by atoms with Crippen molar-refractivity contribution in [2.75, 3.05) is 53.2 Å². The van der Waals surface area contributed by atoms with Crippen LogP contribution < -0.4 is 0 Å². The topological polar surface area (TPSA) is 55.1 Å². The predicted octanol–water partition coefficient (Wildman–Crippen LogP) is 1.93. The van der Waals surface area contributed by atoms with Crippen LogP contribution in [0.4, 0.5) is 0 Å². The van der Waals surface area contributed by atoms with Crippen molar-refractivity contribution in [3.63, 3.8) is 0 Å². The van der Waals surface area contributed by atoms with Gasteiger partial charge < -0.3 is 14.4 Å². The van der Waals surface area contributed by atoms with E-state index in [9.17, 15) is 0 Å². The molecule has 0 bridgehead atoms. The lowest BCUT2D eigenvalue weighted by atomic mass is 10.1. The van der Waals surface area contributed by atoms with Crippen LogP contribution in [0.5, 0.6) is 0 Å². The van der Waals surface area contributed by atoms with Gasteiger partial charge in [0.1, 0.15) is 17.5 Å². The third-order valence-electron chi connectivity index (χ3n) is 5.44. The second kappa shape index (κ2) is 8.45. The summed E-state index contributed by atoms with van der Waals surface area (Å²) in [6.07, 6.45) is 6.18. The number of hydrogen-bond donors (Lipinski definition) is 0. The normalized spacial score (nSPS) is 27.0. The second-order valence-corrected chi connectivity index (χ2v) is 8.43. The Morgan fingerprint density at radius 2 is 2.19 bits per heavy atom. The van der Waals surface area contributed by atoms with Gasteiger partial charge in [0.25, 0.3) is 0 Å². The Labute approximate surface area is 165 Å². The van der Waals surface area contributed by atoms with Crippen LogP contribution in [0.2, 0.25) is 0 Å². The van der Waals surface area contributed by atoms with Crippen LogP contribution in [0.3, 0.4) is 0 Å². The van der Waals surface area contributed by atoms with Crippen molar-refractivity contribution >= 4 is 17.3 Å². The van der Waals surface area contributed by atoms with E-state index in [1.54, 1.807) is 18.1 Å². The van der Waals surface area contributed by atoms with Crippen molar-refractivity contribution in [1.29, 1.82) is 0 Å². The first-order valence-electron chi connectivity index (χ1n) is 9.64. The van der Waals surface area contributed by atoms with Gasteiger partial charge in [-0.25, -0.2) is 9.50 Å². The molecule has 4 rings (SSSR count). The maximum atomic E-state index is 6.46. The maximum absolute atomic E-state index is 6.46. The molecule has 0 saturated carbocycles. The summed E-state index contributed by atoms with van der Waals surface area (Å²) in [6.45, 7) is 4.62. The van der Waals surface area contributed by atoms with Gasteiger partial charge in [-0.1, -0.05) is 0 Å². The van der Waals surface area contributed by atoms with E-state index in [0.29, 0.717) is 6.04 Å². The number of hydrogen-bond acceptors (Lipinski definition) is 7. The molecule has 2 aliphatic rings. The van der Waals surface area contributed by atoms with E-state index in [1.807, 2.05) is 10.8 Å². The second-order valence-electron chi connectivity index (χ2n) is 7.63. The van der Waals surface area contributed by atoms with Gasteiger partial charge in [-0.2, -0.15) is 5.10 Å². The van der Waals surface area contributed by atoms with E-state index in [0.717, 1.165) is 61.9 Å². The highest BCUT2D eigenvalue weighted by Crippen LogP contribution is 2.35. The van der Waals surface area contributed by atoms with Crippen molar-refractivity contribution in [2.45, 2.75) is 36.1 Å². The first-order valence-corrected chi connectivity index (χ1v) is 10.9. The van der Waals surface area contributed by atoms with E-state index >= 15 is 0 Å². The summed E-state index contributed by atoms with van der Waals surface area (Å²) in [4.78, 5) is 9.14. The number of morpholine rings is 1. The van der Waals surface area contributed by atoms with Gasteiger partial charge in [0.15, 0.2) is 0 Å². The van der Waals surface area contributed by atoms with Gasteiger partial charge in [0, 0.05) is 25.7 Å². The molecule has 0 radical (unpaired) electrons. The molecule has 2 fully saturated rings. The third kappa shape index (κ3) is 4.14. The molecular formula is C19H29N5O2S. The fourth-order valence-electron chi connectivity index (χ4n) is 4.17. The SMILES string of the molecule is CSc1ncnn2c([C@H]3CC[C@@H](CN4CCOC[C@H]4CN(C)C)O3)ccc12. The van der Waals surface area contributed by atoms with Gasteiger partial charge in [-0.05, 0) is 45.3 Å². The Morgan fingerprint density at radius 1 is 1.30 bits per heavy atom. The molecule has 0 N–H and O–H groups in total. The molecule has 3 atom stereocenters. The lowest BCUT2D eigenvalue weighted by Gasteiger charge is -2.38. The molecule has 0 aromatic carbocycles. The molecule has 0 amide bonds. The number of rotatable bonds is 6. The molecule has 2 saturated heterocycles. The molecule has 2 aromatic heterocycles. The summed E-state index contributed by atoms with van der Waals surface area (Å²) in [6, 6.07) is 4.69. The number of ether oxygens (including phenoxy) is 2. The van der Waals surface area contributed by atoms with Crippen LogP contribution >= 0.6 is 11.8 Å². The average molecular weight is 392 g/mol. The molecule has 0 aliphatic carbocycles. The first kappa shape index (κ1) is 19.1. The Balaban J connectivity index is 1.43. The average Bonchev–Trinajstić information content (AvgIpc) is 3.29. The molecule has 2 aliphatic heterocycles. The van der Waals surface area contributed by atoms with Crippen LogP contribution in [-0.4, -0.2) is 89.7 Å². The van der Waals surface area contributed by atoms with Crippen molar-refractivity contribution in [3.8, 4) is 0 Å². The van der Waals surface area contributed by atoms with Crippen LogP contribution in [-0.2, 0) is 9.47 Å². The largest absolute Gasteiger partial charge is 0.378 e. The summed E-state index contributed by atoms with van der Waals surface area (Å²) in [5.74, 6) is 0. The quantitative estimate of drug-likeness (QED) is 0.698. The summed E-state index contributed by atoms with van der Waals surface area (Å²) < 4.78 is 14.2. The molecule has 2 aromatic rings. The predicted molar refractivity (Wildman–Crippen MR) is 106 cm³/mol. The Bertz CT molecular complexity index is 768. The molecule has 7 nitrogen and oxygen atoms in total. The molecular weight excluding hydrogens is 362 g/mol. The standard InChI is InChI=1S/C19H29N5O2S/c1-22(2)10-14-12-25-9-8-23(14)11-15-4-7-18(26-15)16-5-6-17-19(27-3)20-13-21-24(16)17/h5-6,13-15,18H,4,7-12H2,1-3H3/t14-,15+,18-/m1/s1. The van der Waals surface area contributed by atoms with E-state index in [-0.39, 0.29) is 12.2 Å². The summed E-state index contributed by atoms with van der Waals surface area (Å²) in [5.41, 5.74) is 2.20. The summed E-state index contributed by atoms with van der Waals surface area (Å²) in [7, 11) is 4.24. The molecule has 148 valence electrons. The lowest BCUT2D eigenvalue weighted by molar-refractivity contribution is -0.0471. The van der Waals surface area contributed by atoms with Crippen molar-refractivity contribution < 1.29 is 9.47 Å². The van der Waals surface area contributed by atoms with Gasteiger partial charge >= 0.3 is 0 Å². The van der Waals surface area contributed by atoms with Gasteiger partial charge in [-0.15, -0.1) is 11.8 Å². The lowest BCUT2D eigenvalue weighted by Crippen LogP contribution is -2.52. The van der Waals surface area contributed by atoms with E-state index in [1.165, 1.54) is 0 Å². The monoisotopic (exact) mass is 391 g/mol. The Kier molecular flexibility index (Phi) is 5.99. The van der Waals surface area contributed by atoms with Crippen LogP contribution in [0.15, 0.2) is 23.5 Å². The first-order chi connectivity index (χ1) is 13.2. The Morgan fingerprint density at radius 3 is 3.00 bits per heavy atom. The fourth-order valence-corrected chi connectivity index (χ4v) is 4.69. The van der Waals surface area contributed by atoms with Crippen LogP contribution in [0.25, 0.3) is 5.52 Å². The molecule has 27 heavy (non-hydrogen) atoms. The van der Waals surface area contributed by atoms with Gasteiger partial charge in [0.2, 0.25) is 0 Å². The zero-order valence-corrected chi connectivity index (χ0v) is 17.2. The minimum atomic E-state index is 0.107. The number of aromatic nitrogens is 3. The van der Waals surface area contributed by atoms with E-state index in [2.05, 4.69) is 46.1 Å². The molecule has 4 heterocycles. The van der Waals surface area contributed by atoms with Crippen molar-refractivity contribution in [2.24, 2.45) is 0 Å². The van der Waals surface area contributed by atoms with Crippen molar-refractivity contribution in [3.05, 3.63) is 24.2 Å². The van der Waals surface area contributed by atoms with Crippen molar-refractivity contribution in [1.82, 2.24) is 24.4 Å². The van der Waals surface area contributed by atoms with Crippen LogP contribution in [0, 0.1) is 0 Å². The van der Waals surface area contributed by atoms with E-state index < -0.39 is 0 Å². The van der Waals surface area contributed by atoms with E-state index in [4.69, 9.17) is 9.47 Å². The number of likely N-dealkylation sites (N-methyl/N-ethyl adjacent to an activating group) is 1. The highest BCUT2D eigenvalue weighted by molar-refractivity contribution is 7.98. The minimum Gasteiger partial charge on any atom is -0.378 e. The minimum absolute atomic E-state index is 0.107. The Hall–Kier alpha value is -1.19. The molecule has 8 heteroatoms. The third-order valence-corrected chi connectivity index (χ3v) is 6.14. The smallest absolute Gasteiger partial charge is 0.137 e. The summed E-state index contributed by atoms with van der Waals surface area (Å²) >= 11 is 1.65. The number of nitrogens with zero attached hydrogens (tertiary/aromatic N) is 5.